The molecule has 2 heterocycles. The van der Waals surface area contributed by atoms with E-state index in [0.29, 0.717) is 22.9 Å². The summed E-state index contributed by atoms with van der Waals surface area (Å²) >= 11 is 1.33. The van der Waals surface area contributed by atoms with E-state index in [1.807, 2.05) is 18.7 Å². The predicted molar refractivity (Wildman–Crippen MR) is 72.0 cm³/mol. The number of nitrogens with zero attached hydrogens (tertiary/aromatic N) is 2. The Morgan fingerprint density at radius 1 is 1.61 bits per heavy atom. The highest BCUT2D eigenvalue weighted by Gasteiger charge is 2.28. The maximum absolute atomic E-state index is 9.59. The molecule has 0 radical (unpaired) electrons. The normalized spacial score (nSPS) is 19.3. The number of nitrogens with two attached hydrogens (primary N) is 1. The van der Waals surface area contributed by atoms with Crippen molar-refractivity contribution in [3.8, 4) is 11.8 Å². The van der Waals surface area contributed by atoms with Crippen LogP contribution in [0.5, 0.6) is 5.75 Å². The summed E-state index contributed by atoms with van der Waals surface area (Å²) in [5, 5.41) is 19.5. The zero-order chi connectivity index (χ0) is 13.3. The summed E-state index contributed by atoms with van der Waals surface area (Å²) in [5.74, 6) is 0.584. The lowest BCUT2D eigenvalue weighted by Crippen LogP contribution is -2.21. The van der Waals surface area contributed by atoms with Gasteiger partial charge in [-0.2, -0.15) is 5.26 Å². The second-order valence-electron chi connectivity index (χ2n) is 4.65. The molecule has 5 nitrogen and oxygen atoms in total. The van der Waals surface area contributed by atoms with Crippen LogP contribution in [-0.2, 0) is 0 Å². The number of nitriles is 1. The van der Waals surface area contributed by atoms with E-state index in [9.17, 15) is 5.11 Å². The lowest BCUT2D eigenvalue weighted by molar-refractivity contribution is 0.198. The molecule has 6 heteroatoms. The molecule has 2 rings (SSSR count). The third-order valence-electron chi connectivity index (χ3n) is 2.79. The molecule has 1 unspecified atom stereocenters. The first-order valence-electron chi connectivity index (χ1n) is 5.95. The number of thiophene rings is 1. The minimum atomic E-state index is -0.314. The zero-order valence-electron chi connectivity index (χ0n) is 10.5. The first-order valence-corrected chi connectivity index (χ1v) is 6.76. The highest BCUT2D eigenvalue weighted by Crippen LogP contribution is 2.45. The molecule has 0 saturated carbocycles. The van der Waals surface area contributed by atoms with Crippen molar-refractivity contribution in [2.24, 2.45) is 0 Å². The van der Waals surface area contributed by atoms with Crippen LogP contribution in [0.15, 0.2) is 0 Å². The fraction of sp³-hybridized carbons (Fsp3) is 0.583. The van der Waals surface area contributed by atoms with Gasteiger partial charge in [-0.05, 0) is 20.3 Å². The lowest BCUT2D eigenvalue weighted by Gasteiger charge is -2.19. The second-order valence-corrected chi connectivity index (χ2v) is 5.65. The van der Waals surface area contributed by atoms with Crippen LogP contribution in [0.4, 0.5) is 10.7 Å². The summed E-state index contributed by atoms with van der Waals surface area (Å²) < 4.78 is 5.72. The van der Waals surface area contributed by atoms with Crippen molar-refractivity contribution < 1.29 is 9.84 Å². The van der Waals surface area contributed by atoms with E-state index in [4.69, 9.17) is 15.7 Å². The average molecular weight is 267 g/mol. The molecule has 1 aromatic heterocycles. The van der Waals surface area contributed by atoms with Crippen molar-refractivity contribution in [1.82, 2.24) is 0 Å². The van der Waals surface area contributed by atoms with Gasteiger partial charge in [0.25, 0.3) is 0 Å². The molecule has 0 spiro atoms. The Kier molecular flexibility index (Phi) is 3.64. The van der Waals surface area contributed by atoms with Crippen LogP contribution in [0.25, 0.3) is 0 Å². The van der Waals surface area contributed by atoms with Crippen LogP contribution in [0.3, 0.4) is 0 Å². The van der Waals surface area contributed by atoms with Crippen molar-refractivity contribution in [2.45, 2.75) is 32.5 Å². The molecule has 1 aliphatic heterocycles. The van der Waals surface area contributed by atoms with Crippen molar-refractivity contribution in [3.63, 3.8) is 0 Å². The average Bonchev–Trinajstić information content (AvgIpc) is 2.85. The summed E-state index contributed by atoms with van der Waals surface area (Å²) in [7, 11) is 0. The Morgan fingerprint density at radius 3 is 2.83 bits per heavy atom. The highest BCUT2D eigenvalue weighted by molar-refractivity contribution is 7.17. The van der Waals surface area contributed by atoms with Gasteiger partial charge < -0.3 is 20.5 Å². The summed E-state index contributed by atoms with van der Waals surface area (Å²) in [5.41, 5.74) is 6.35. The van der Waals surface area contributed by atoms with Gasteiger partial charge in [-0.1, -0.05) is 0 Å². The molecule has 3 N–H and O–H groups in total. The monoisotopic (exact) mass is 267 g/mol. The molecule has 1 saturated heterocycles. The first kappa shape index (κ1) is 13.0. The Hall–Kier alpha value is -1.45. The van der Waals surface area contributed by atoms with E-state index in [1.54, 1.807) is 0 Å². The highest BCUT2D eigenvalue weighted by atomic mass is 32.1. The van der Waals surface area contributed by atoms with Gasteiger partial charge in [0, 0.05) is 13.1 Å². The summed E-state index contributed by atoms with van der Waals surface area (Å²) in [6.07, 6.45) is 0.423. The third-order valence-corrected chi connectivity index (χ3v) is 3.94. The molecular formula is C12H17N3O2S. The number of nitrogen functional groups attached to an aromatic ring is 1. The fourth-order valence-corrected chi connectivity index (χ4v) is 2.97. The van der Waals surface area contributed by atoms with Gasteiger partial charge in [0.15, 0.2) is 5.75 Å². The van der Waals surface area contributed by atoms with Crippen LogP contribution in [0, 0.1) is 11.3 Å². The van der Waals surface area contributed by atoms with E-state index < -0.39 is 0 Å². The molecule has 1 fully saturated rings. The van der Waals surface area contributed by atoms with E-state index in [2.05, 4.69) is 6.07 Å². The fourth-order valence-electron chi connectivity index (χ4n) is 1.98. The molecule has 0 amide bonds. The quantitative estimate of drug-likeness (QED) is 0.868. The van der Waals surface area contributed by atoms with Crippen molar-refractivity contribution >= 4 is 22.0 Å². The summed E-state index contributed by atoms with van der Waals surface area (Å²) in [6.45, 7) is 5.18. The van der Waals surface area contributed by atoms with Crippen LogP contribution in [-0.4, -0.2) is 30.4 Å². The molecule has 0 bridgehead atoms. The first-order chi connectivity index (χ1) is 8.52. The molecule has 98 valence electrons. The smallest absolute Gasteiger partial charge is 0.178 e. The van der Waals surface area contributed by atoms with Gasteiger partial charge >= 0.3 is 0 Å². The molecular weight excluding hydrogens is 250 g/mol. The number of β-amino-alcohol motifs (C(OH)–C–C–N with tert-alkyl or cyclic N) is 1. The van der Waals surface area contributed by atoms with Gasteiger partial charge in [-0.3, -0.25) is 0 Å². The molecule has 0 aromatic carbocycles. The summed E-state index contributed by atoms with van der Waals surface area (Å²) in [4.78, 5) is 2.51. The Bertz CT molecular complexity index is 478. The number of ether oxygens (including phenoxy) is 1. The van der Waals surface area contributed by atoms with E-state index in [0.717, 1.165) is 18.0 Å². The largest absolute Gasteiger partial charge is 0.486 e. The number of rotatable bonds is 3. The molecule has 1 aliphatic rings. The Balaban J connectivity index is 2.36. The third kappa shape index (κ3) is 2.37. The van der Waals surface area contributed by atoms with Crippen molar-refractivity contribution in [2.75, 3.05) is 23.7 Å². The maximum Gasteiger partial charge on any atom is 0.178 e. The minimum Gasteiger partial charge on any atom is -0.486 e. The van der Waals surface area contributed by atoms with Crippen molar-refractivity contribution in [3.05, 3.63) is 4.88 Å². The lowest BCUT2D eigenvalue weighted by atomic mass is 10.3. The van der Waals surface area contributed by atoms with Crippen LogP contribution >= 0.6 is 11.3 Å². The zero-order valence-corrected chi connectivity index (χ0v) is 11.3. The van der Waals surface area contributed by atoms with Crippen molar-refractivity contribution in [1.29, 1.82) is 5.26 Å². The van der Waals surface area contributed by atoms with Gasteiger partial charge in [0.2, 0.25) is 0 Å². The van der Waals surface area contributed by atoms with E-state index in [-0.39, 0.29) is 12.2 Å². The van der Waals surface area contributed by atoms with Gasteiger partial charge in [-0.15, -0.1) is 11.3 Å². The molecule has 0 aliphatic carbocycles. The SMILES string of the molecule is CC(C)Oc1c(N2CCC(O)C2)sc(C#N)c1N. The number of hydrogen-bond donors (Lipinski definition) is 2. The maximum atomic E-state index is 9.59. The van der Waals surface area contributed by atoms with E-state index >= 15 is 0 Å². The van der Waals surface area contributed by atoms with Crippen LogP contribution < -0.4 is 15.4 Å². The van der Waals surface area contributed by atoms with Gasteiger partial charge in [-0.25, -0.2) is 0 Å². The Labute approximate surface area is 110 Å². The second kappa shape index (κ2) is 5.04. The number of anilines is 2. The molecule has 1 aromatic rings. The van der Waals surface area contributed by atoms with Crippen LogP contribution in [0.2, 0.25) is 0 Å². The van der Waals surface area contributed by atoms with Gasteiger partial charge in [0.1, 0.15) is 21.6 Å². The molecule has 1 atom stereocenters. The standard InChI is InChI=1S/C12H17N3O2S/c1-7(2)17-11-10(14)9(5-13)18-12(11)15-4-3-8(16)6-15/h7-8,16H,3-4,6,14H2,1-2H3. The number of aliphatic hydroxyl groups excluding tert-OH is 1. The summed E-state index contributed by atoms with van der Waals surface area (Å²) in [6, 6.07) is 2.09. The predicted octanol–water partition coefficient (Wildman–Crippen LogP) is 1.56. The number of aliphatic hydroxyl groups is 1. The minimum absolute atomic E-state index is 0.000260. The molecule has 18 heavy (non-hydrogen) atoms. The number of hydrogen-bond acceptors (Lipinski definition) is 6. The Morgan fingerprint density at radius 2 is 2.33 bits per heavy atom. The van der Waals surface area contributed by atoms with Gasteiger partial charge in [0.05, 0.1) is 12.2 Å². The topological polar surface area (TPSA) is 82.5 Å². The van der Waals surface area contributed by atoms with E-state index in [1.165, 1.54) is 11.3 Å². The van der Waals surface area contributed by atoms with Crippen LogP contribution in [0.1, 0.15) is 25.1 Å².